The molecule has 3 heterocycles. The largest absolute Gasteiger partial charge is 0.351 e. The van der Waals surface area contributed by atoms with Gasteiger partial charge in [0.05, 0.1) is 30.5 Å². The lowest BCUT2D eigenvalue weighted by molar-refractivity contribution is -0.126. The number of nitrogens with zero attached hydrogens (tertiary/aromatic N) is 4. The Bertz CT molecular complexity index is 1020. The van der Waals surface area contributed by atoms with Gasteiger partial charge in [0.15, 0.2) is 5.17 Å². The number of amides is 2. The van der Waals surface area contributed by atoms with Gasteiger partial charge in [-0.05, 0) is 23.6 Å². The van der Waals surface area contributed by atoms with Crippen molar-refractivity contribution < 1.29 is 9.59 Å². The molecule has 2 aliphatic heterocycles. The van der Waals surface area contributed by atoms with Crippen LogP contribution in [0.2, 0.25) is 0 Å². The molecule has 28 heavy (non-hydrogen) atoms. The highest BCUT2D eigenvalue weighted by Crippen LogP contribution is 2.34. The molecule has 0 saturated heterocycles. The Hall–Kier alpha value is -2.96. The van der Waals surface area contributed by atoms with E-state index in [1.54, 1.807) is 16.2 Å². The summed E-state index contributed by atoms with van der Waals surface area (Å²) in [6.45, 7) is 0.429. The number of carbonyl (C=O) groups is 2. The van der Waals surface area contributed by atoms with Crippen LogP contribution in [0.1, 0.15) is 16.9 Å². The van der Waals surface area contributed by atoms with Crippen molar-refractivity contribution >= 4 is 51.6 Å². The van der Waals surface area contributed by atoms with Crippen molar-refractivity contribution in [1.29, 1.82) is 5.26 Å². The molecule has 0 saturated carbocycles. The van der Waals surface area contributed by atoms with Crippen LogP contribution in [0.4, 0.5) is 5.69 Å². The summed E-state index contributed by atoms with van der Waals surface area (Å²) < 4.78 is 0. The fraction of sp³-hybridized carbons (Fsp3) is 0.211. The third kappa shape index (κ3) is 3.56. The smallest absolute Gasteiger partial charge is 0.271 e. The number of nitriles is 1. The first-order valence-electron chi connectivity index (χ1n) is 8.56. The predicted molar refractivity (Wildman–Crippen MR) is 110 cm³/mol. The minimum absolute atomic E-state index is 0.0223. The first-order valence-corrected chi connectivity index (χ1v) is 10.4. The molecule has 2 amide bonds. The number of carbonyl (C=O) groups excluding carboxylic acids is 2. The number of benzene rings is 1. The maximum Gasteiger partial charge on any atom is 0.271 e. The second-order valence-corrected chi connectivity index (χ2v) is 8.05. The van der Waals surface area contributed by atoms with E-state index >= 15 is 0 Å². The van der Waals surface area contributed by atoms with Gasteiger partial charge >= 0.3 is 0 Å². The third-order valence-electron chi connectivity index (χ3n) is 4.29. The predicted octanol–water partition coefficient (Wildman–Crippen LogP) is 2.67. The van der Waals surface area contributed by atoms with Crippen molar-refractivity contribution in [3.05, 3.63) is 52.2 Å². The van der Waals surface area contributed by atoms with Gasteiger partial charge in [0.25, 0.3) is 5.91 Å². The fourth-order valence-corrected chi connectivity index (χ4v) is 4.40. The Labute approximate surface area is 169 Å². The molecule has 2 aliphatic rings. The molecular weight excluding hydrogens is 394 g/mol. The topological polar surface area (TPSA) is 97.9 Å². The van der Waals surface area contributed by atoms with Crippen molar-refractivity contribution in [3.63, 3.8) is 0 Å². The van der Waals surface area contributed by atoms with Gasteiger partial charge in [-0.2, -0.15) is 10.3 Å². The Morgan fingerprint density at radius 2 is 2.14 bits per heavy atom. The minimum Gasteiger partial charge on any atom is -0.351 e. The lowest BCUT2D eigenvalue weighted by Gasteiger charge is -2.30. The van der Waals surface area contributed by atoms with Crippen LogP contribution in [-0.4, -0.2) is 39.5 Å². The molecule has 9 heteroatoms. The van der Waals surface area contributed by atoms with Crippen molar-refractivity contribution in [2.45, 2.75) is 19.0 Å². The second-order valence-electron chi connectivity index (χ2n) is 6.08. The summed E-state index contributed by atoms with van der Waals surface area (Å²) in [5.41, 5.74) is 1.45. The van der Waals surface area contributed by atoms with Gasteiger partial charge in [0.1, 0.15) is 11.9 Å². The summed E-state index contributed by atoms with van der Waals surface area (Å²) in [7, 11) is 0. The van der Waals surface area contributed by atoms with Crippen LogP contribution in [-0.2, 0) is 16.1 Å². The number of hydrogen-bond acceptors (Lipinski definition) is 7. The zero-order valence-electron chi connectivity index (χ0n) is 14.7. The number of hydrogen-bond donors (Lipinski definition) is 1. The standard InChI is InChI=1S/C19H15N5O2S2/c20-7-9-28-19-22-14-6-2-1-5-13(14)17-23-18(26)15(24(17)19)10-16(25)21-11-12-4-3-8-27-12/h1-6,8,15H,9-11H2,(H,21,25). The quantitative estimate of drug-likeness (QED) is 0.819. The average Bonchev–Trinajstić information content (AvgIpc) is 3.33. The Morgan fingerprint density at radius 3 is 2.93 bits per heavy atom. The first kappa shape index (κ1) is 18.4. The van der Waals surface area contributed by atoms with E-state index in [-0.39, 0.29) is 24.0 Å². The Kier molecular flexibility index (Phi) is 5.23. The zero-order chi connectivity index (χ0) is 19.5. The summed E-state index contributed by atoms with van der Waals surface area (Å²) in [6, 6.07) is 12.6. The van der Waals surface area contributed by atoms with Crippen LogP contribution in [0.3, 0.4) is 0 Å². The van der Waals surface area contributed by atoms with Crippen LogP contribution in [0.15, 0.2) is 51.8 Å². The van der Waals surface area contributed by atoms with Crippen molar-refractivity contribution in [2.24, 2.45) is 9.98 Å². The summed E-state index contributed by atoms with van der Waals surface area (Å²) in [6.07, 6.45) is -0.0223. The molecular formula is C19H15N5O2S2. The molecule has 1 N–H and O–H groups in total. The molecule has 0 fully saturated rings. The number of para-hydroxylation sites is 1. The molecule has 7 nitrogen and oxygen atoms in total. The van der Waals surface area contributed by atoms with Crippen molar-refractivity contribution in [2.75, 3.05) is 5.75 Å². The van der Waals surface area contributed by atoms with Crippen LogP contribution >= 0.6 is 23.1 Å². The number of thioether (sulfide) groups is 1. The normalized spacial score (nSPS) is 17.3. The molecule has 1 aromatic heterocycles. The minimum atomic E-state index is -0.753. The van der Waals surface area contributed by atoms with Crippen LogP contribution in [0.25, 0.3) is 0 Å². The van der Waals surface area contributed by atoms with E-state index < -0.39 is 6.04 Å². The van der Waals surface area contributed by atoms with E-state index in [1.807, 2.05) is 41.8 Å². The van der Waals surface area contributed by atoms with Gasteiger partial charge in [-0.3, -0.25) is 14.5 Å². The van der Waals surface area contributed by atoms with Gasteiger partial charge in [-0.1, -0.05) is 30.0 Å². The van der Waals surface area contributed by atoms with Gasteiger partial charge in [0, 0.05) is 10.4 Å². The molecule has 1 unspecified atom stereocenters. The van der Waals surface area contributed by atoms with E-state index in [0.29, 0.717) is 23.2 Å². The Morgan fingerprint density at radius 1 is 1.29 bits per heavy atom. The summed E-state index contributed by atoms with van der Waals surface area (Å²) in [5.74, 6) is 0.0815. The van der Waals surface area contributed by atoms with E-state index in [0.717, 1.165) is 10.4 Å². The summed E-state index contributed by atoms with van der Waals surface area (Å²) in [4.78, 5) is 36.6. The van der Waals surface area contributed by atoms with Crippen LogP contribution in [0, 0.1) is 11.3 Å². The maximum atomic E-state index is 12.6. The monoisotopic (exact) mass is 409 g/mol. The number of rotatable bonds is 5. The molecule has 0 aliphatic carbocycles. The van der Waals surface area contributed by atoms with Crippen molar-refractivity contribution in [1.82, 2.24) is 10.2 Å². The number of aliphatic imine (C=N–C) groups is 2. The number of thiophene rings is 1. The SMILES string of the molecule is N#CCSC1=Nc2ccccc2C2=NC(=O)C(CC(=O)NCc3cccs3)N12. The van der Waals surface area contributed by atoms with Gasteiger partial charge in [0.2, 0.25) is 5.91 Å². The summed E-state index contributed by atoms with van der Waals surface area (Å²) >= 11 is 2.79. The van der Waals surface area contributed by atoms with E-state index in [2.05, 4.69) is 21.4 Å². The number of amidine groups is 2. The highest BCUT2D eigenvalue weighted by Gasteiger charge is 2.42. The van der Waals surface area contributed by atoms with Crippen molar-refractivity contribution in [3.8, 4) is 6.07 Å². The number of nitrogens with one attached hydrogen (secondary N) is 1. The van der Waals surface area contributed by atoms with Crippen LogP contribution < -0.4 is 5.32 Å². The molecule has 1 aromatic carbocycles. The lowest BCUT2D eigenvalue weighted by Crippen LogP contribution is -2.45. The van der Waals surface area contributed by atoms with Crippen LogP contribution in [0.5, 0.6) is 0 Å². The van der Waals surface area contributed by atoms with E-state index in [9.17, 15) is 9.59 Å². The number of fused-ring (bicyclic) bond motifs is 3. The molecule has 0 spiro atoms. The third-order valence-corrected chi connectivity index (χ3v) is 5.99. The molecule has 1 atom stereocenters. The lowest BCUT2D eigenvalue weighted by atomic mass is 10.1. The highest BCUT2D eigenvalue weighted by molar-refractivity contribution is 8.14. The van der Waals surface area contributed by atoms with Gasteiger partial charge in [-0.25, -0.2) is 4.99 Å². The fourth-order valence-electron chi connectivity index (χ4n) is 3.05. The summed E-state index contributed by atoms with van der Waals surface area (Å²) in [5, 5.41) is 14.3. The molecule has 4 rings (SSSR count). The van der Waals surface area contributed by atoms with E-state index in [1.165, 1.54) is 11.8 Å². The van der Waals surface area contributed by atoms with Gasteiger partial charge < -0.3 is 5.32 Å². The molecule has 0 radical (unpaired) electrons. The second kappa shape index (κ2) is 7.96. The zero-order valence-corrected chi connectivity index (χ0v) is 16.3. The first-order chi connectivity index (χ1) is 13.7. The van der Waals surface area contributed by atoms with E-state index in [4.69, 9.17) is 5.26 Å². The van der Waals surface area contributed by atoms with Gasteiger partial charge in [-0.15, -0.1) is 11.3 Å². The Balaban J connectivity index is 1.56. The highest BCUT2D eigenvalue weighted by atomic mass is 32.2. The molecule has 140 valence electrons. The average molecular weight is 409 g/mol. The maximum absolute atomic E-state index is 12.6. The molecule has 2 aromatic rings. The molecule has 0 bridgehead atoms.